The molecular formula is C27H30Cl2N6O9. The highest BCUT2D eigenvalue weighted by Gasteiger charge is 2.26. The number of benzene rings is 2. The number of alkyl carbamates (subject to hydrolysis) is 1. The van der Waals surface area contributed by atoms with Gasteiger partial charge in [-0.05, 0) is 40.5 Å². The van der Waals surface area contributed by atoms with Crippen LogP contribution >= 0.6 is 23.2 Å². The molecule has 2 unspecified atom stereocenters. The van der Waals surface area contributed by atoms with Crippen molar-refractivity contribution in [3.63, 3.8) is 0 Å². The molecule has 0 aliphatic rings. The fourth-order valence-corrected chi connectivity index (χ4v) is 4.09. The second-order valence-corrected chi connectivity index (χ2v) is 10.4. The van der Waals surface area contributed by atoms with Gasteiger partial charge < -0.3 is 29.8 Å². The summed E-state index contributed by atoms with van der Waals surface area (Å²) in [6.45, 7) is 2.31. The molecule has 0 saturated heterocycles. The minimum Gasteiger partial charge on any atom is -0.479 e. The van der Waals surface area contributed by atoms with Gasteiger partial charge in [-0.3, -0.25) is 10.2 Å². The van der Waals surface area contributed by atoms with Crippen LogP contribution in [-0.4, -0.2) is 86.9 Å². The first-order valence-corrected chi connectivity index (χ1v) is 13.7. The van der Waals surface area contributed by atoms with Crippen molar-refractivity contribution in [2.45, 2.75) is 32.5 Å². The SMILES string of the molecule is COC(=O)NC(C(=O)OCOn1cc(C(=O)NN(Cc2ccc(-c3cc(Cl)ccc3Cl)cc2)CC(O)C(=O)O)nn1)C(C)C. The van der Waals surface area contributed by atoms with Crippen LogP contribution in [0.4, 0.5) is 4.79 Å². The van der Waals surface area contributed by atoms with Crippen molar-refractivity contribution in [2.75, 3.05) is 20.4 Å². The molecule has 0 spiro atoms. The number of aliphatic hydroxyl groups excluding tert-OH is 1. The largest absolute Gasteiger partial charge is 0.479 e. The minimum absolute atomic E-state index is 0.0108. The van der Waals surface area contributed by atoms with Gasteiger partial charge in [-0.2, -0.15) is 0 Å². The van der Waals surface area contributed by atoms with Crippen LogP contribution in [0.25, 0.3) is 11.1 Å². The van der Waals surface area contributed by atoms with Crippen molar-refractivity contribution < 1.29 is 43.7 Å². The van der Waals surface area contributed by atoms with E-state index >= 15 is 0 Å². The number of aliphatic hydroxyl groups is 1. The molecule has 2 aromatic carbocycles. The second-order valence-electron chi connectivity index (χ2n) is 9.57. The van der Waals surface area contributed by atoms with Gasteiger partial charge in [-0.15, -0.1) is 5.10 Å². The number of aromatic nitrogens is 3. The number of nitrogens with one attached hydrogen (secondary N) is 2. The number of methoxy groups -OCH3 is 1. The Morgan fingerprint density at radius 3 is 2.43 bits per heavy atom. The van der Waals surface area contributed by atoms with E-state index in [1.54, 1.807) is 56.3 Å². The lowest BCUT2D eigenvalue weighted by atomic mass is 10.0. The summed E-state index contributed by atoms with van der Waals surface area (Å²) in [5.74, 6) is -3.38. The standard InChI is InChI=1S/C27H30Cl2N6O9/c1-15(2)23(30-27(41)42-3)26(40)43-14-44-35-12-21(31-33-35)24(37)32-34(13-22(36)25(38)39)11-16-4-6-17(7-5-16)19-10-18(28)8-9-20(19)29/h4-10,12,15,22-23,36H,11,13-14H2,1-3H3,(H,30,41)(H,32,37)(H,38,39). The number of esters is 1. The van der Waals surface area contributed by atoms with Crippen LogP contribution in [0.1, 0.15) is 29.9 Å². The first-order valence-electron chi connectivity index (χ1n) is 13.0. The van der Waals surface area contributed by atoms with Crippen LogP contribution in [0.3, 0.4) is 0 Å². The van der Waals surface area contributed by atoms with E-state index in [0.717, 1.165) is 29.3 Å². The molecule has 1 heterocycles. The molecule has 17 heteroatoms. The first-order chi connectivity index (χ1) is 20.9. The number of amides is 2. The number of halogens is 2. The van der Waals surface area contributed by atoms with Gasteiger partial charge in [0.15, 0.2) is 11.8 Å². The highest BCUT2D eigenvalue weighted by Crippen LogP contribution is 2.30. The van der Waals surface area contributed by atoms with Crippen LogP contribution in [0.5, 0.6) is 0 Å². The maximum atomic E-state index is 12.9. The lowest BCUT2D eigenvalue weighted by molar-refractivity contribution is -0.161. The maximum Gasteiger partial charge on any atom is 0.407 e. The van der Waals surface area contributed by atoms with E-state index < -0.39 is 49.4 Å². The number of ether oxygens (including phenoxy) is 2. The van der Waals surface area contributed by atoms with E-state index in [1.165, 1.54) is 5.01 Å². The van der Waals surface area contributed by atoms with Gasteiger partial charge in [0.05, 0.1) is 13.7 Å². The van der Waals surface area contributed by atoms with Crippen LogP contribution in [0.2, 0.25) is 10.0 Å². The van der Waals surface area contributed by atoms with Gasteiger partial charge in [-0.25, -0.2) is 19.4 Å². The average molecular weight is 653 g/mol. The lowest BCUT2D eigenvalue weighted by Gasteiger charge is -2.24. The third-order valence-electron chi connectivity index (χ3n) is 5.98. The number of carbonyl (C=O) groups excluding carboxylic acids is 3. The van der Waals surface area contributed by atoms with E-state index in [2.05, 4.69) is 25.8 Å². The van der Waals surface area contributed by atoms with Crippen LogP contribution in [0, 0.1) is 5.92 Å². The molecule has 4 N–H and O–H groups in total. The summed E-state index contributed by atoms with van der Waals surface area (Å²) in [5.41, 5.74) is 4.43. The molecule has 1 aromatic heterocycles. The Balaban J connectivity index is 1.63. The topological polar surface area (TPSA) is 194 Å². The maximum absolute atomic E-state index is 12.9. The lowest BCUT2D eigenvalue weighted by Crippen LogP contribution is -2.47. The molecule has 15 nitrogen and oxygen atoms in total. The Hall–Kier alpha value is -4.44. The molecule has 236 valence electrons. The molecule has 2 amide bonds. The summed E-state index contributed by atoms with van der Waals surface area (Å²) in [6.07, 6.45) is -1.53. The molecule has 0 aliphatic carbocycles. The van der Waals surface area contributed by atoms with Crippen LogP contribution < -0.4 is 15.6 Å². The predicted molar refractivity (Wildman–Crippen MR) is 155 cm³/mol. The Bertz CT molecular complexity index is 1470. The second kappa shape index (κ2) is 15.9. The smallest absolute Gasteiger partial charge is 0.407 e. The molecule has 3 rings (SSSR count). The van der Waals surface area contributed by atoms with Crippen LogP contribution in [-0.2, 0) is 25.6 Å². The molecule has 0 radical (unpaired) electrons. The monoisotopic (exact) mass is 652 g/mol. The molecule has 2 atom stereocenters. The zero-order valence-corrected chi connectivity index (χ0v) is 25.3. The average Bonchev–Trinajstić information content (AvgIpc) is 3.46. The zero-order valence-electron chi connectivity index (χ0n) is 23.8. The number of hydrazine groups is 1. The Labute approximate surface area is 261 Å². The predicted octanol–water partition coefficient (Wildman–Crippen LogP) is 2.15. The summed E-state index contributed by atoms with van der Waals surface area (Å²) in [7, 11) is 1.16. The molecule has 0 fully saturated rings. The Morgan fingerprint density at radius 2 is 1.80 bits per heavy atom. The van der Waals surface area contributed by atoms with E-state index in [1.807, 2.05) is 0 Å². The van der Waals surface area contributed by atoms with Crippen molar-refractivity contribution in [2.24, 2.45) is 5.92 Å². The van der Waals surface area contributed by atoms with Gasteiger partial charge in [0, 0.05) is 22.2 Å². The number of carboxylic acids is 1. The third-order valence-corrected chi connectivity index (χ3v) is 6.54. The fraction of sp³-hybridized carbons (Fsp3) is 0.333. The minimum atomic E-state index is -1.81. The summed E-state index contributed by atoms with van der Waals surface area (Å²) in [5, 5.41) is 31.0. The van der Waals surface area contributed by atoms with Crippen molar-refractivity contribution in [3.05, 3.63) is 70.0 Å². The van der Waals surface area contributed by atoms with Crippen LogP contribution in [0.15, 0.2) is 48.7 Å². The van der Waals surface area contributed by atoms with E-state index in [4.69, 9.17) is 32.8 Å². The number of nitrogens with zero attached hydrogens (tertiary/aromatic N) is 4. The molecule has 0 aliphatic heterocycles. The Morgan fingerprint density at radius 1 is 1.09 bits per heavy atom. The summed E-state index contributed by atoms with van der Waals surface area (Å²) in [6, 6.07) is 11.1. The number of hydrogen-bond acceptors (Lipinski definition) is 11. The van der Waals surface area contributed by atoms with Crippen molar-refractivity contribution in [3.8, 4) is 11.1 Å². The molecule has 44 heavy (non-hydrogen) atoms. The highest BCUT2D eigenvalue weighted by atomic mass is 35.5. The molecule has 0 bridgehead atoms. The van der Waals surface area contributed by atoms with Crippen molar-refractivity contribution >= 4 is 47.1 Å². The number of rotatable bonds is 14. The number of hydrogen-bond donors (Lipinski definition) is 4. The Kier molecular flexibility index (Phi) is 12.3. The molecular weight excluding hydrogens is 623 g/mol. The summed E-state index contributed by atoms with van der Waals surface area (Å²) in [4.78, 5) is 53.9. The quantitative estimate of drug-likeness (QED) is 0.113. The normalized spacial score (nSPS) is 12.4. The number of aliphatic carboxylic acids is 1. The summed E-state index contributed by atoms with van der Waals surface area (Å²) >= 11 is 12.4. The van der Waals surface area contributed by atoms with E-state index in [0.29, 0.717) is 15.6 Å². The van der Waals surface area contributed by atoms with E-state index in [9.17, 15) is 29.4 Å². The van der Waals surface area contributed by atoms with Gasteiger partial charge in [0.2, 0.25) is 0 Å². The fourth-order valence-electron chi connectivity index (χ4n) is 3.69. The number of carbonyl (C=O) groups is 4. The van der Waals surface area contributed by atoms with Gasteiger partial charge >= 0.3 is 18.0 Å². The third kappa shape index (κ3) is 9.80. The van der Waals surface area contributed by atoms with E-state index in [-0.39, 0.29) is 18.2 Å². The van der Waals surface area contributed by atoms with Crippen molar-refractivity contribution in [1.29, 1.82) is 0 Å². The first kappa shape index (κ1) is 34.1. The van der Waals surface area contributed by atoms with Gasteiger partial charge in [-0.1, -0.05) is 66.2 Å². The molecule has 3 aromatic rings. The summed E-state index contributed by atoms with van der Waals surface area (Å²) < 4.78 is 9.50. The van der Waals surface area contributed by atoms with Gasteiger partial charge in [0.25, 0.3) is 12.7 Å². The molecule has 0 saturated carbocycles. The zero-order chi connectivity index (χ0) is 32.4. The van der Waals surface area contributed by atoms with Gasteiger partial charge in [0.1, 0.15) is 12.2 Å². The van der Waals surface area contributed by atoms with Crippen molar-refractivity contribution in [1.82, 2.24) is 30.9 Å². The highest BCUT2D eigenvalue weighted by molar-refractivity contribution is 6.35. The number of carboxylic acid groups (broad SMARTS) is 1.